The Labute approximate surface area is 128 Å². The van der Waals surface area contributed by atoms with E-state index in [0.717, 1.165) is 5.56 Å². The highest BCUT2D eigenvalue weighted by molar-refractivity contribution is 6.02. The molecule has 0 saturated heterocycles. The van der Waals surface area contributed by atoms with Gasteiger partial charge in [-0.2, -0.15) is 5.10 Å². The molecule has 1 aromatic rings. The average Bonchev–Trinajstić information content (AvgIpc) is 2.42. The van der Waals surface area contributed by atoms with Crippen LogP contribution in [0.2, 0.25) is 0 Å². The lowest BCUT2D eigenvalue weighted by Gasteiger charge is -2.19. The summed E-state index contributed by atoms with van der Waals surface area (Å²) in [6.45, 7) is 7.07. The molecule has 1 heterocycles. The molecule has 7 heteroatoms. The van der Waals surface area contributed by atoms with Crippen LogP contribution in [0.5, 0.6) is 5.75 Å². The molecule has 0 unspecified atom stereocenters. The van der Waals surface area contributed by atoms with Gasteiger partial charge in [-0.05, 0) is 51.5 Å². The average molecular weight is 305 g/mol. The molecular weight excluding hydrogens is 286 g/mol. The van der Waals surface area contributed by atoms with Gasteiger partial charge in [-0.1, -0.05) is 0 Å². The minimum atomic E-state index is -0.624. The number of nitrogens with one attached hydrogen (secondary N) is 2. The van der Waals surface area contributed by atoms with E-state index in [0.29, 0.717) is 17.1 Å². The first kappa shape index (κ1) is 15.8. The maximum absolute atomic E-state index is 11.6. The molecule has 22 heavy (non-hydrogen) atoms. The molecule has 0 spiro atoms. The molecule has 1 aliphatic rings. The standard InChI is InChI=1S/C15H19N3O4/c1-9(17-18-14(20)22-15(2,3)4)10-5-6-12-11(7-10)16-13(19)8-21-12/h5-7H,8H2,1-4H3,(H,16,19)(H,18,20)/b17-9-. The van der Waals surface area contributed by atoms with Crippen LogP contribution in [0.1, 0.15) is 33.3 Å². The third-order valence-electron chi connectivity index (χ3n) is 2.74. The van der Waals surface area contributed by atoms with Crippen LogP contribution in [-0.2, 0) is 9.53 Å². The quantitative estimate of drug-likeness (QED) is 0.648. The summed E-state index contributed by atoms with van der Waals surface area (Å²) in [5, 5.41) is 6.71. The van der Waals surface area contributed by atoms with E-state index in [-0.39, 0.29) is 12.5 Å². The van der Waals surface area contributed by atoms with Crippen LogP contribution in [0.25, 0.3) is 0 Å². The lowest BCUT2D eigenvalue weighted by molar-refractivity contribution is -0.118. The lowest BCUT2D eigenvalue weighted by atomic mass is 10.1. The minimum absolute atomic E-state index is 0.0135. The molecule has 0 atom stereocenters. The van der Waals surface area contributed by atoms with E-state index in [9.17, 15) is 9.59 Å². The highest BCUT2D eigenvalue weighted by Gasteiger charge is 2.17. The van der Waals surface area contributed by atoms with Gasteiger partial charge in [0.1, 0.15) is 11.4 Å². The van der Waals surface area contributed by atoms with Gasteiger partial charge >= 0.3 is 6.09 Å². The summed E-state index contributed by atoms with van der Waals surface area (Å²) in [6, 6.07) is 5.28. The fraction of sp³-hybridized carbons (Fsp3) is 0.400. The van der Waals surface area contributed by atoms with Gasteiger partial charge < -0.3 is 14.8 Å². The van der Waals surface area contributed by atoms with E-state index in [2.05, 4.69) is 15.8 Å². The second-order valence-corrected chi connectivity index (χ2v) is 5.86. The number of ether oxygens (including phenoxy) is 2. The van der Waals surface area contributed by atoms with Crippen LogP contribution in [-0.4, -0.2) is 29.9 Å². The van der Waals surface area contributed by atoms with Gasteiger partial charge in [-0.3, -0.25) is 4.79 Å². The molecule has 0 saturated carbocycles. The third-order valence-corrected chi connectivity index (χ3v) is 2.74. The summed E-state index contributed by atoms with van der Waals surface area (Å²) in [7, 11) is 0. The van der Waals surface area contributed by atoms with E-state index in [1.54, 1.807) is 45.9 Å². The Morgan fingerprint density at radius 1 is 1.41 bits per heavy atom. The normalized spacial score (nSPS) is 14.5. The van der Waals surface area contributed by atoms with Gasteiger partial charge in [0.25, 0.3) is 5.91 Å². The van der Waals surface area contributed by atoms with Gasteiger partial charge in [0.2, 0.25) is 0 Å². The minimum Gasteiger partial charge on any atom is -0.482 e. The molecule has 0 aliphatic carbocycles. The van der Waals surface area contributed by atoms with Crippen LogP contribution < -0.4 is 15.5 Å². The lowest BCUT2D eigenvalue weighted by Crippen LogP contribution is -2.30. The maximum atomic E-state index is 11.6. The van der Waals surface area contributed by atoms with Crippen molar-refractivity contribution in [1.82, 2.24) is 5.43 Å². The second-order valence-electron chi connectivity index (χ2n) is 5.86. The Balaban J connectivity index is 2.08. The van der Waals surface area contributed by atoms with Crippen LogP contribution >= 0.6 is 0 Å². The summed E-state index contributed by atoms with van der Waals surface area (Å²) < 4.78 is 10.4. The van der Waals surface area contributed by atoms with Crippen LogP contribution in [0, 0.1) is 0 Å². The number of anilines is 1. The predicted molar refractivity (Wildman–Crippen MR) is 82.1 cm³/mol. The fourth-order valence-corrected chi connectivity index (χ4v) is 1.80. The van der Waals surface area contributed by atoms with Crippen LogP contribution in [0.4, 0.5) is 10.5 Å². The van der Waals surface area contributed by atoms with Gasteiger partial charge in [-0.15, -0.1) is 0 Å². The Morgan fingerprint density at radius 2 is 2.14 bits per heavy atom. The van der Waals surface area contributed by atoms with Crippen molar-refractivity contribution in [2.75, 3.05) is 11.9 Å². The number of rotatable bonds is 2. The van der Waals surface area contributed by atoms with E-state index < -0.39 is 11.7 Å². The number of hydrogen-bond donors (Lipinski definition) is 2. The van der Waals surface area contributed by atoms with Crippen molar-refractivity contribution in [2.24, 2.45) is 5.10 Å². The van der Waals surface area contributed by atoms with Gasteiger partial charge in [0, 0.05) is 0 Å². The predicted octanol–water partition coefficient (Wildman–Crippen LogP) is 2.27. The van der Waals surface area contributed by atoms with Crippen molar-refractivity contribution >= 4 is 23.4 Å². The van der Waals surface area contributed by atoms with E-state index in [4.69, 9.17) is 9.47 Å². The van der Waals surface area contributed by atoms with E-state index >= 15 is 0 Å². The van der Waals surface area contributed by atoms with Crippen molar-refractivity contribution in [3.05, 3.63) is 23.8 Å². The summed E-state index contributed by atoms with van der Waals surface area (Å²) >= 11 is 0. The zero-order valence-corrected chi connectivity index (χ0v) is 13.0. The molecule has 1 aromatic carbocycles. The van der Waals surface area contributed by atoms with Gasteiger partial charge in [0.05, 0.1) is 11.4 Å². The Bertz CT molecular complexity index is 632. The topological polar surface area (TPSA) is 89.0 Å². The summed E-state index contributed by atoms with van der Waals surface area (Å²) in [6.07, 6.45) is -0.624. The Morgan fingerprint density at radius 3 is 2.82 bits per heavy atom. The Kier molecular flexibility index (Phi) is 4.35. The van der Waals surface area contributed by atoms with Crippen molar-refractivity contribution in [3.63, 3.8) is 0 Å². The molecule has 2 rings (SSSR count). The zero-order chi connectivity index (χ0) is 16.3. The zero-order valence-electron chi connectivity index (χ0n) is 13.0. The molecule has 2 N–H and O–H groups in total. The summed E-state index contributed by atoms with van der Waals surface area (Å²) in [5.74, 6) is 0.405. The first-order valence-electron chi connectivity index (χ1n) is 6.85. The Hall–Kier alpha value is -2.57. The number of nitrogens with zero attached hydrogens (tertiary/aromatic N) is 1. The first-order chi connectivity index (χ1) is 10.2. The van der Waals surface area contributed by atoms with Gasteiger partial charge in [0.15, 0.2) is 6.61 Å². The van der Waals surface area contributed by atoms with Crippen molar-refractivity contribution in [1.29, 1.82) is 0 Å². The smallest absolute Gasteiger partial charge is 0.428 e. The third kappa shape index (κ3) is 4.21. The second kappa shape index (κ2) is 6.05. The molecule has 7 nitrogen and oxygen atoms in total. The monoisotopic (exact) mass is 305 g/mol. The van der Waals surface area contributed by atoms with Crippen molar-refractivity contribution in [2.45, 2.75) is 33.3 Å². The number of hydrazone groups is 1. The number of carbonyl (C=O) groups excluding carboxylic acids is 2. The number of amides is 2. The highest BCUT2D eigenvalue weighted by atomic mass is 16.6. The molecule has 1 aliphatic heterocycles. The van der Waals surface area contributed by atoms with Crippen LogP contribution in [0.3, 0.4) is 0 Å². The molecule has 0 bridgehead atoms. The number of benzene rings is 1. The van der Waals surface area contributed by atoms with Crippen LogP contribution in [0.15, 0.2) is 23.3 Å². The first-order valence-corrected chi connectivity index (χ1v) is 6.85. The van der Waals surface area contributed by atoms with E-state index in [1.807, 2.05) is 0 Å². The molecule has 2 amide bonds. The largest absolute Gasteiger partial charge is 0.482 e. The number of fused-ring (bicyclic) bond motifs is 1. The van der Waals surface area contributed by atoms with Gasteiger partial charge in [-0.25, -0.2) is 10.2 Å². The molecule has 118 valence electrons. The molecule has 0 fully saturated rings. The molecule has 0 radical (unpaired) electrons. The fourth-order valence-electron chi connectivity index (χ4n) is 1.80. The molecule has 0 aromatic heterocycles. The highest BCUT2D eigenvalue weighted by Crippen LogP contribution is 2.28. The number of hydrogen-bond acceptors (Lipinski definition) is 5. The summed E-state index contributed by atoms with van der Waals surface area (Å²) in [5.41, 5.74) is 3.66. The maximum Gasteiger partial charge on any atom is 0.428 e. The number of carbonyl (C=O) groups is 2. The SMILES string of the molecule is C/C(=N/NC(=O)OC(C)(C)C)c1ccc2c(c1)NC(=O)CO2. The van der Waals surface area contributed by atoms with Crippen molar-refractivity contribution < 1.29 is 19.1 Å². The van der Waals surface area contributed by atoms with Crippen molar-refractivity contribution in [3.8, 4) is 5.75 Å². The molecular formula is C15H19N3O4. The van der Waals surface area contributed by atoms with E-state index in [1.165, 1.54) is 0 Å². The summed E-state index contributed by atoms with van der Waals surface area (Å²) in [4.78, 5) is 22.9.